The molecule has 1 aromatic heterocycles. The average Bonchev–Trinajstić information content (AvgIpc) is 3.42. The molecule has 7 nitrogen and oxygen atoms in total. The molecule has 0 atom stereocenters. The van der Waals surface area contributed by atoms with Crippen molar-refractivity contribution in [3.8, 4) is 0 Å². The van der Waals surface area contributed by atoms with E-state index in [9.17, 15) is 4.79 Å². The maximum absolute atomic E-state index is 12.0. The molecule has 2 heterocycles. The number of aliphatic imine (C=N–C) groups is 1. The van der Waals surface area contributed by atoms with E-state index in [1.54, 1.807) is 13.1 Å². The zero-order valence-corrected chi connectivity index (χ0v) is 18.0. The maximum atomic E-state index is 12.0. The Hall–Kier alpha value is -2.80. The van der Waals surface area contributed by atoms with Crippen LogP contribution in [0.3, 0.4) is 0 Å². The second-order valence-electron chi connectivity index (χ2n) is 7.69. The molecule has 0 saturated carbocycles. The highest BCUT2D eigenvalue weighted by molar-refractivity contribution is 5.92. The van der Waals surface area contributed by atoms with Crippen LogP contribution in [0.5, 0.6) is 0 Å². The molecule has 1 fully saturated rings. The fourth-order valence-corrected chi connectivity index (χ4v) is 3.55. The number of aryl methyl sites for hydroxylation is 1. The van der Waals surface area contributed by atoms with Gasteiger partial charge in [-0.2, -0.15) is 0 Å². The Morgan fingerprint density at radius 2 is 1.73 bits per heavy atom. The topological polar surface area (TPSA) is 81.9 Å². The molecule has 0 unspecified atom stereocenters. The number of hydrogen-bond donors (Lipinski definition) is 3. The van der Waals surface area contributed by atoms with Crippen molar-refractivity contribution in [2.45, 2.75) is 39.3 Å². The van der Waals surface area contributed by atoms with Crippen LogP contribution in [-0.2, 0) is 13.1 Å². The number of guanidine groups is 1. The van der Waals surface area contributed by atoms with Crippen molar-refractivity contribution in [2.24, 2.45) is 4.99 Å². The summed E-state index contributed by atoms with van der Waals surface area (Å²) in [5.41, 5.74) is 3.44. The Morgan fingerprint density at radius 3 is 2.40 bits per heavy atom. The number of furan rings is 1. The molecule has 0 aliphatic carbocycles. The summed E-state index contributed by atoms with van der Waals surface area (Å²) in [6, 6.07) is 10.6. The lowest BCUT2D eigenvalue weighted by Crippen LogP contribution is -2.38. The van der Waals surface area contributed by atoms with Crippen LogP contribution in [0.25, 0.3) is 0 Å². The van der Waals surface area contributed by atoms with E-state index in [2.05, 4.69) is 50.1 Å². The zero-order chi connectivity index (χ0) is 21.2. The van der Waals surface area contributed by atoms with E-state index >= 15 is 0 Å². The van der Waals surface area contributed by atoms with Crippen LogP contribution in [-0.4, -0.2) is 50.0 Å². The highest BCUT2D eigenvalue weighted by atomic mass is 16.3. The van der Waals surface area contributed by atoms with Crippen molar-refractivity contribution in [3.05, 3.63) is 59.0 Å². The molecular formula is C23H33N5O2. The van der Waals surface area contributed by atoms with Crippen LogP contribution in [0.2, 0.25) is 0 Å². The molecule has 7 heteroatoms. The minimum absolute atomic E-state index is 0.173. The summed E-state index contributed by atoms with van der Waals surface area (Å²) in [4.78, 5) is 18.8. The highest BCUT2D eigenvalue weighted by Gasteiger charge is 2.12. The van der Waals surface area contributed by atoms with E-state index in [4.69, 9.17) is 4.42 Å². The number of benzene rings is 1. The van der Waals surface area contributed by atoms with E-state index in [0.29, 0.717) is 18.8 Å². The first kappa shape index (κ1) is 21.9. The van der Waals surface area contributed by atoms with Gasteiger partial charge in [-0.05, 0) is 56.5 Å². The zero-order valence-electron chi connectivity index (χ0n) is 18.0. The fourth-order valence-electron chi connectivity index (χ4n) is 3.55. The number of amides is 1. The third kappa shape index (κ3) is 6.62. The van der Waals surface area contributed by atoms with Crippen molar-refractivity contribution in [1.29, 1.82) is 0 Å². The first-order chi connectivity index (χ1) is 14.7. The molecule has 0 radical (unpaired) electrons. The number of carbonyl (C=O) groups excluding carboxylic acids is 1. The number of carbonyl (C=O) groups is 1. The quantitative estimate of drug-likeness (QED) is 0.336. The molecule has 0 spiro atoms. The summed E-state index contributed by atoms with van der Waals surface area (Å²) < 4.78 is 5.19. The summed E-state index contributed by atoms with van der Waals surface area (Å²) in [7, 11) is 1.76. The van der Waals surface area contributed by atoms with E-state index in [1.807, 2.05) is 6.92 Å². The Bertz CT molecular complexity index is 822. The van der Waals surface area contributed by atoms with Gasteiger partial charge >= 0.3 is 0 Å². The minimum atomic E-state index is -0.173. The van der Waals surface area contributed by atoms with Gasteiger partial charge in [-0.15, -0.1) is 0 Å². The van der Waals surface area contributed by atoms with Crippen molar-refractivity contribution in [2.75, 3.05) is 33.2 Å². The molecule has 1 aliphatic rings. The normalized spacial score (nSPS) is 14.7. The maximum Gasteiger partial charge on any atom is 0.287 e. The van der Waals surface area contributed by atoms with Crippen molar-refractivity contribution in [1.82, 2.24) is 20.9 Å². The van der Waals surface area contributed by atoms with Crippen LogP contribution in [0.4, 0.5) is 0 Å². The third-order valence-electron chi connectivity index (χ3n) is 5.31. The molecule has 1 saturated heterocycles. The Morgan fingerprint density at radius 1 is 1.03 bits per heavy atom. The van der Waals surface area contributed by atoms with Gasteiger partial charge in [-0.3, -0.25) is 14.7 Å². The second-order valence-corrected chi connectivity index (χ2v) is 7.69. The molecule has 2 aromatic rings. The van der Waals surface area contributed by atoms with Gasteiger partial charge in [-0.25, -0.2) is 0 Å². The first-order valence-electron chi connectivity index (χ1n) is 10.7. The molecule has 3 N–H and O–H groups in total. The van der Waals surface area contributed by atoms with Crippen LogP contribution >= 0.6 is 0 Å². The predicted octanol–water partition coefficient (Wildman–Crippen LogP) is 2.67. The predicted molar refractivity (Wildman–Crippen MR) is 120 cm³/mol. The van der Waals surface area contributed by atoms with Gasteiger partial charge < -0.3 is 20.4 Å². The van der Waals surface area contributed by atoms with Crippen LogP contribution in [0.15, 0.2) is 46.0 Å². The van der Waals surface area contributed by atoms with Gasteiger partial charge in [0.05, 0.1) is 6.26 Å². The molecule has 3 rings (SSSR count). The Labute approximate surface area is 178 Å². The number of hydrogen-bond acceptors (Lipinski definition) is 4. The second kappa shape index (κ2) is 11.4. The molecular weight excluding hydrogens is 378 g/mol. The largest absolute Gasteiger partial charge is 0.459 e. The summed E-state index contributed by atoms with van der Waals surface area (Å²) in [5.74, 6) is 0.962. The first-order valence-corrected chi connectivity index (χ1v) is 10.7. The lowest BCUT2D eigenvalue weighted by Gasteiger charge is -2.15. The molecule has 0 bridgehead atoms. The fraction of sp³-hybridized carbons (Fsp3) is 0.478. The standard InChI is InChI=1S/C23H33N5O2/c1-18-10-15-30-21(18)22(29)25-11-5-12-26-23(24-2)27-16-19-6-8-20(9-7-19)17-28-13-3-4-14-28/h6-10,15H,3-5,11-14,16-17H2,1-2H3,(H,25,29)(H2,24,26,27). The van der Waals surface area contributed by atoms with E-state index in [1.165, 1.54) is 43.3 Å². The number of likely N-dealkylation sites (tertiary alicyclic amines) is 1. The lowest BCUT2D eigenvalue weighted by molar-refractivity contribution is 0.0925. The summed E-state index contributed by atoms with van der Waals surface area (Å²) in [6.45, 7) is 7.35. The summed E-state index contributed by atoms with van der Waals surface area (Å²) in [5, 5.41) is 9.48. The van der Waals surface area contributed by atoms with E-state index in [-0.39, 0.29) is 5.91 Å². The number of rotatable bonds is 9. The van der Waals surface area contributed by atoms with Crippen molar-refractivity contribution >= 4 is 11.9 Å². The average molecular weight is 412 g/mol. The van der Waals surface area contributed by atoms with Gasteiger partial charge in [0.2, 0.25) is 0 Å². The summed E-state index contributed by atoms with van der Waals surface area (Å²) in [6.07, 6.45) is 4.97. The van der Waals surface area contributed by atoms with Gasteiger partial charge in [-0.1, -0.05) is 24.3 Å². The molecule has 1 amide bonds. The third-order valence-corrected chi connectivity index (χ3v) is 5.31. The lowest BCUT2D eigenvalue weighted by atomic mass is 10.1. The monoisotopic (exact) mass is 411 g/mol. The van der Waals surface area contributed by atoms with E-state index in [0.717, 1.165) is 31.0 Å². The van der Waals surface area contributed by atoms with Gasteiger partial charge in [0, 0.05) is 38.8 Å². The smallest absolute Gasteiger partial charge is 0.287 e. The SMILES string of the molecule is CN=C(NCCCNC(=O)c1occc1C)NCc1ccc(CN2CCCC2)cc1. The van der Waals surface area contributed by atoms with Crippen LogP contribution in [0.1, 0.15) is 46.5 Å². The van der Waals surface area contributed by atoms with Gasteiger partial charge in [0.25, 0.3) is 5.91 Å². The van der Waals surface area contributed by atoms with Crippen molar-refractivity contribution < 1.29 is 9.21 Å². The molecule has 1 aliphatic heterocycles. The molecule has 162 valence electrons. The van der Waals surface area contributed by atoms with Gasteiger partial charge in [0.15, 0.2) is 11.7 Å². The van der Waals surface area contributed by atoms with E-state index < -0.39 is 0 Å². The molecule has 1 aromatic carbocycles. The Kier molecular flexibility index (Phi) is 8.32. The minimum Gasteiger partial charge on any atom is -0.459 e. The number of nitrogens with zero attached hydrogens (tertiary/aromatic N) is 2. The van der Waals surface area contributed by atoms with Gasteiger partial charge in [0.1, 0.15) is 0 Å². The van der Waals surface area contributed by atoms with Crippen LogP contribution in [0, 0.1) is 6.92 Å². The van der Waals surface area contributed by atoms with Crippen molar-refractivity contribution in [3.63, 3.8) is 0 Å². The molecule has 30 heavy (non-hydrogen) atoms. The summed E-state index contributed by atoms with van der Waals surface area (Å²) >= 11 is 0. The highest BCUT2D eigenvalue weighted by Crippen LogP contribution is 2.13. The Balaban J connectivity index is 1.31. The van der Waals surface area contributed by atoms with Crippen LogP contribution < -0.4 is 16.0 Å². The number of nitrogens with one attached hydrogen (secondary N) is 3.